The molecule has 8 heteroatoms. The number of hydrogen-bond donors (Lipinski definition) is 1. The van der Waals surface area contributed by atoms with Gasteiger partial charge in [-0.1, -0.05) is 18.2 Å². The Hall–Kier alpha value is -3.96. The number of carbonyl (C=O) groups excluding carboxylic acids is 1. The third-order valence-corrected chi connectivity index (χ3v) is 8.39. The van der Waals surface area contributed by atoms with Gasteiger partial charge in [0.1, 0.15) is 6.07 Å². The molecule has 3 aromatic rings. The third-order valence-electron chi connectivity index (χ3n) is 8.39. The molecule has 0 bridgehead atoms. The van der Waals surface area contributed by atoms with Gasteiger partial charge >= 0.3 is 0 Å². The molecule has 2 saturated heterocycles. The largest absolute Gasteiger partial charge is 0.394 e. The molecule has 3 heterocycles. The number of aliphatic hydroxyl groups excluding tert-OH is 1. The normalized spacial score (nSPS) is 18.1. The van der Waals surface area contributed by atoms with Crippen molar-refractivity contribution in [1.82, 2.24) is 9.88 Å². The molecule has 208 valence electrons. The molecule has 1 N–H and O–H groups in total. The molecule has 2 aromatic carbocycles. The predicted octanol–water partition coefficient (Wildman–Crippen LogP) is 4.49. The number of nitrogens with zero attached hydrogens (tertiary/aromatic N) is 5. The van der Waals surface area contributed by atoms with Crippen molar-refractivity contribution in [1.29, 1.82) is 5.26 Å². The summed E-state index contributed by atoms with van der Waals surface area (Å²) in [5, 5.41) is 19.6. The van der Waals surface area contributed by atoms with E-state index in [0.717, 1.165) is 43.6 Å². The van der Waals surface area contributed by atoms with Crippen LogP contribution in [0, 0.1) is 36.9 Å². The molecule has 0 spiro atoms. The van der Waals surface area contributed by atoms with Crippen LogP contribution in [0.25, 0.3) is 0 Å². The van der Waals surface area contributed by atoms with E-state index < -0.39 is 11.9 Å². The summed E-state index contributed by atoms with van der Waals surface area (Å²) in [6, 6.07) is 16.7. The van der Waals surface area contributed by atoms with Crippen LogP contribution in [-0.2, 0) is 6.42 Å². The molecule has 2 aliphatic rings. The fourth-order valence-corrected chi connectivity index (χ4v) is 6.11. The smallest absolute Gasteiger partial charge is 0.254 e. The maximum absolute atomic E-state index is 14.4. The van der Waals surface area contributed by atoms with Crippen LogP contribution in [0.2, 0.25) is 0 Å². The molecular formula is C32H36FN5O2. The zero-order valence-corrected chi connectivity index (χ0v) is 23.2. The first-order valence-electron chi connectivity index (χ1n) is 14.0. The number of aliphatic hydroxyl groups is 1. The lowest BCUT2D eigenvalue weighted by molar-refractivity contribution is 0.0697. The van der Waals surface area contributed by atoms with Crippen LogP contribution in [0.1, 0.15) is 45.5 Å². The summed E-state index contributed by atoms with van der Waals surface area (Å²) in [6.45, 7) is 6.82. The molecule has 5 rings (SSSR count). The van der Waals surface area contributed by atoms with E-state index in [9.17, 15) is 19.6 Å². The van der Waals surface area contributed by atoms with Gasteiger partial charge in [0.25, 0.3) is 5.91 Å². The van der Waals surface area contributed by atoms with Gasteiger partial charge in [0.05, 0.1) is 23.9 Å². The fraction of sp³-hybridized carbons (Fsp3) is 0.406. The van der Waals surface area contributed by atoms with E-state index in [0.29, 0.717) is 36.7 Å². The summed E-state index contributed by atoms with van der Waals surface area (Å²) < 4.78 is 14.4. The Kier molecular flexibility index (Phi) is 8.32. The van der Waals surface area contributed by atoms with Crippen molar-refractivity contribution >= 4 is 17.4 Å². The van der Waals surface area contributed by atoms with E-state index >= 15 is 0 Å². The SMILES string of the molecule is Cc1cc(C)c(C(=O)N2CCN(c3ncccc3F)[C@H](CO)C2)cc1CC1CCN(c2ccccc2C#N)CC1. The van der Waals surface area contributed by atoms with Crippen molar-refractivity contribution in [2.24, 2.45) is 5.92 Å². The Morgan fingerprint density at radius 1 is 1.07 bits per heavy atom. The van der Waals surface area contributed by atoms with Crippen LogP contribution in [0.15, 0.2) is 54.7 Å². The summed E-state index contributed by atoms with van der Waals surface area (Å²) in [5.74, 6) is 0.233. The minimum atomic E-state index is -0.431. The summed E-state index contributed by atoms with van der Waals surface area (Å²) >= 11 is 0. The van der Waals surface area contributed by atoms with Gasteiger partial charge in [-0.05, 0) is 86.1 Å². The van der Waals surface area contributed by atoms with Gasteiger partial charge in [0.2, 0.25) is 0 Å². The summed E-state index contributed by atoms with van der Waals surface area (Å²) in [7, 11) is 0. The molecule has 0 radical (unpaired) electrons. The van der Waals surface area contributed by atoms with Crippen molar-refractivity contribution < 1.29 is 14.3 Å². The number of para-hydroxylation sites is 1. The van der Waals surface area contributed by atoms with Crippen LogP contribution < -0.4 is 9.80 Å². The number of aromatic nitrogens is 1. The van der Waals surface area contributed by atoms with Crippen molar-refractivity contribution in [3.63, 3.8) is 0 Å². The maximum atomic E-state index is 14.4. The van der Waals surface area contributed by atoms with Gasteiger partial charge < -0.3 is 19.8 Å². The Morgan fingerprint density at radius 2 is 1.85 bits per heavy atom. The number of piperidine rings is 1. The molecule has 1 amide bonds. The van der Waals surface area contributed by atoms with E-state index in [1.165, 1.54) is 23.4 Å². The zero-order chi connectivity index (χ0) is 28.2. The first kappa shape index (κ1) is 27.6. The Balaban J connectivity index is 1.26. The van der Waals surface area contributed by atoms with Crippen LogP contribution in [0.5, 0.6) is 0 Å². The number of carbonyl (C=O) groups is 1. The third kappa shape index (κ3) is 5.66. The minimum absolute atomic E-state index is 0.0544. The van der Waals surface area contributed by atoms with E-state index in [-0.39, 0.29) is 18.3 Å². The van der Waals surface area contributed by atoms with E-state index in [4.69, 9.17) is 0 Å². The number of halogens is 1. The molecular weight excluding hydrogens is 505 g/mol. The molecule has 40 heavy (non-hydrogen) atoms. The number of benzene rings is 2. The second-order valence-corrected chi connectivity index (χ2v) is 10.9. The molecule has 7 nitrogen and oxygen atoms in total. The highest BCUT2D eigenvalue weighted by Crippen LogP contribution is 2.30. The summed E-state index contributed by atoms with van der Waals surface area (Å²) in [4.78, 5) is 23.7. The number of rotatable bonds is 6. The van der Waals surface area contributed by atoms with Gasteiger partial charge in [-0.2, -0.15) is 5.26 Å². The number of piperazine rings is 1. The first-order chi connectivity index (χ1) is 19.4. The highest BCUT2D eigenvalue weighted by atomic mass is 19.1. The quantitative estimate of drug-likeness (QED) is 0.495. The van der Waals surface area contributed by atoms with Crippen LogP contribution in [0.4, 0.5) is 15.9 Å². The highest BCUT2D eigenvalue weighted by Gasteiger charge is 2.32. The molecule has 1 aromatic heterocycles. The topological polar surface area (TPSA) is 83.7 Å². The fourth-order valence-electron chi connectivity index (χ4n) is 6.11. The minimum Gasteiger partial charge on any atom is -0.394 e. The average Bonchev–Trinajstić information content (AvgIpc) is 2.98. The monoisotopic (exact) mass is 541 g/mol. The molecule has 1 atom stereocenters. The lowest BCUT2D eigenvalue weighted by Crippen LogP contribution is -2.56. The second kappa shape index (κ2) is 12.1. The molecule has 0 unspecified atom stereocenters. The van der Waals surface area contributed by atoms with Crippen LogP contribution in [0.3, 0.4) is 0 Å². The number of amides is 1. The van der Waals surface area contributed by atoms with Crippen molar-refractivity contribution in [3.8, 4) is 6.07 Å². The maximum Gasteiger partial charge on any atom is 0.254 e. The molecule has 0 aliphatic carbocycles. The standard InChI is InChI=1S/C32H36FN5O2/c1-22-16-23(2)28(32(40)37-14-15-38(27(20-37)21-39)31-29(33)7-5-11-35-31)18-26(22)17-24-9-12-36(13-10-24)30-8-4-3-6-25(30)19-34/h3-8,11,16,18,24,27,39H,9-10,12-15,17,20-21H2,1-2H3/t27-/m0/s1. The Morgan fingerprint density at radius 3 is 2.58 bits per heavy atom. The summed E-state index contributed by atoms with van der Waals surface area (Å²) in [6.07, 6.45) is 4.50. The Bertz CT molecular complexity index is 1410. The predicted molar refractivity (Wildman–Crippen MR) is 154 cm³/mol. The van der Waals surface area contributed by atoms with E-state index in [1.54, 1.807) is 15.9 Å². The number of anilines is 2. The van der Waals surface area contributed by atoms with Gasteiger partial charge in [-0.25, -0.2) is 9.37 Å². The lowest BCUT2D eigenvalue weighted by Gasteiger charge is -2.41. The van der Waals surface area contributed by atoms with Crippen molar-refractivity contribution in [2.45, 2.75) is 39.2 Å². The van der Waals surface area contributed by atoms with Gasteiger partial charge in [-0.15, -0.1) is 0 Å². The molecule has 0 saturated carbocycles. The van der Waals surface area contributed by atoms with Gasteiger partial charge in [0.15, 0.2) is 11.6 Å². The van der Waals surface area contributed by atoms with Crippen LogP contribution in [-0.4, -0.2) is 66.3 Å². The van der Waals surface area contributed by atoms with E-state index in [2.05, 4.69) is 35.0 Å². The number of aryl methyl sites for hydroxylation is 2. The van der Waals surface area contributed by atoms with Crippen LogP contribution >= 0.6 is 0 Å². The second-order valence-electron chi connectivity index (χ2n) is 10.9. The average molecular weight is 542 g/mol. The summed E-state index contributed by atoms with van der Waals surface area (Å²) in [5.41, 5.74) is 5.73. The number of nitriles is 1. The molecule has 2 aliphatic heterocycles. The zero-order valence-electron chi connectivity index (χ0n) is 23.2. The first-order valence-corrected chi connectivity index (χ1v) is 14.0. The highest BCUT2D eigenvalue weighted by molar-refractivity contribution is 5.96. The van der Waals surface area contributed by atoms with Crippen molar-refractivity contribution in [2.75, 3.05) is 49.1 Å². The van der Waals surface area contributed by atoms with Crippen molar-refractivity contribution in [3.05, 3.63) is 88.4 Å². The van der Waals surface area contributed by atoms with Gasteiger partial charge in [-0.3, -0.25) is 4.79 Å². The number of pyridine rings is 1. The van der Waals surface area contributed by atoms with E-state index in [1.807, 2.05) is 31.2 Å². The van der Waals surface area contributed by atoms with Gasteiger partial charge in [0, 0.05) is 44.5 Å². The Labute approximate surface area is 235 Å². The lowest BCUT2D eigenvalue weighted by atomic mass is 9.86. The number of hydrogen-bond acceptors (Lipinski definition) is 6. The molecule has 2 fully saturated rings.